The number of aryl methyl sites for hydroxylation is 1. The maximum atomic E-state index is 11.9. The molecule has 0 aliphatic heterocycles. The number of carbonyl (C=O) groups is 2. The Kier molecular flexibility index (Phi) is 5.78. The van der Waals surface area contributed by atoms with Crippen LogP contribution in [0.4, 0.5) is 0 Å². The van der Waals surface area contributed by atoms with Crippen molar-refractivity contribution in [3.8, 4) is 0 Å². The predicted molar refractivity (Wildman–Crippen MR) is 70.8 cm³/mol. The van der Waals surface area contributed by atoms with Crippen molar-refractivity contribution in [1.82, 2.24) is 15.1 Å². The van der Waals surface area contributed by atoms with E-state index in [2.05, 4.69) is 17.0 Å². The van der Waals surface area contributed by atoms with Gasteiger partial charge in [-0.1, -0.05) is 13.0 Å². The lowest BCUT2D eigenvalue weighted by Gasteiger charge is -2.12. The van der Waals surface area contributed by atoms with Crippen LogP contribution in [0.25, 0.3) is 0 Å². The second kappa shape index (κ2) is 7.35. The van der Waals surface area contributed by atoms with Gasteiger partial charge in [-0.05, 0) is 19.3 Å². The number of nitrogens with zero attached hydrogens (tertiary/aromatic N) is 2. The molecule has 1 unspecified atom stereocenters. The highest BCUT2D eigenvalue weighted by Gasteiger charge is 2.20. The summed E-state index contributed by atoms with van der Waals surface area (Å²) in [6.45, 7) is 6.27. The quantitative estimate of drug-likeness (QED) is 0.697. The van der Waals surface area contributed by atoms with Gasteiger partial charge in [-0.15, -0.1) is 6.58 Å². The minimum Gasteiger partial charge on any atom is -0.480 e. The number of amides is 1. The zero-order valence-corrected chi connectivity index (χ0v) is 11.0. The SMILES string of the molecule is C=CCCC(NC(=O)c1cnn(CCC)c1)C(=O)O. The maximum Gasteiger partial charge on any atom is 0.326 e. The number of rotatable bonds is 8. The first-order valence-corrected chi connectivity index (χ1v) is 6.25. The third-order valence-corrected chi connectivity index (χ3v) is 2.61. The highest BCUT2D eigenvalue weighted by atomic mass is 16.4. The van der Waals surface area contributed by atoms with Crippen molar-refractivity contribution in [3.05, 3.63) is 30.6 Å². The molecule has 6 heteroatoms. The van der Waals surface area contributed by atoms with Crippen molar-refractivity contribution in [2.75, 3.05) is 0 Å². The summed E-state index contributed by atoms with van der Waals surface area (Å²) in [6.07, 6.45) is 6.46. The number of carboxylic acid groups (broad SMARTS) is 1. The monoisotopic (exact) mass is 265 g/mol. The van der Waals surface area contributed by atoms with E-state index in [0.717, 1.165) is 13.0 Å². The van der Waals surface area contributed by atoms with E-state index in [1.807, 2.05) is 6.92 Å². The van der Waals surface area contributed by atoms with Gasteiger partial charge in [-0.2, -0.15) is 5.10 Å². The number of nitrogens with one attached hydrogen (secondary N) is 1. The van der Waals surface area contributed by atoms with Crippen molar-refractivity contribution in [1.29, 1.82) is 0 Å². The zero-order valence-electron chi connectivity index (χ0n) is 11.0. The second-order valence-electron chi connectivity index (χ2n) is 4.22. The van der Waals surface area contributed by atoms with Crippen LogP contribution in [-0.2, 0) is 11.3 Å². The van der Waals surface area contributed by atoms with Crippen LogP contribution < -0.4 is 5.32 Å². The van der Waals surface area contributed by atoms with Crippen LogP contribution in [0.3, 0.4) is 0 Å². The van der Waals surface area contributed by atoms with E-state index >= 15 is 0 Å². The molecular formula is C13H19N3O3. The molecule has 6 nitrogen and oxygen atoms in total. The topological polar surface area (TPSA) is 84.2 Å². The van der Waals surface area contributed by atoms with E-state index in [0.29, 0.717) is 18.4 Å². The summed E-state index contributed by atoms with van der Waals surface area (Å²) >= 11 is 0. The number of aliphatic carboxylic acids is 1. The molecule has 0 aromatic carbocycles. The highest BCUT2D eigenvalue weighted by molar-refractivity contribution is 5.96. The van der Waals surface area contributed by atoms with Crippen LogP contribution in [0.15, 0.2) is 25.0 Å². The van der Waals surface area contributed by atoms with Crippen LogP contribution in [0, 0.1) is 0 Å². The van der Waals surface area contributed by atoms with Gasteiger partial charge in [0.25, 0.3) is 5.91 Å². The smallest absolute Gasteiger partial charge is 0.326 e. The van der Waals surface area contributed by atoms with Crippen LogP contribution in [0.5, 0.6) is 0 Å². The Morgan fingerprint density at radius 3 is 2.95 bits per heavy atom. The molecule has 0 aliphatic rings. The number of hydrogen-bond donors (Lipinski definition) is 2. The van der Waals surface area contributed by atoms with Gasteiger partial charge in [0, 0.05) is 12.7 Å². The molecule has 0 aliphatic carbocycles. The van der Waals surface area contributed by atoms with Gasteiger partial charge in [0.2, 0.25) is 0 Å². The molecule has 19 heavy (non-hydrogen) atoms. The minimum absolute atomic E-state index is 0.327. The number of hydrogen-bond acceptors (Lipinski definition) is 3. The summed E-state index contributed by atoms with van der Waals surface area (Å²) < 4.78 is 1.66. The number of allylic oxidation sites excluding steroid dienone is 1. The molecule has 0 fully saturated rings. The largest absolute Gasteiger partial charge is 0.480 e. The Balaban J connectivity index is 2.64. The fourth-order valence-corrected chi connectivity index (χ4v) is 1.62. The second-order valence-corrected chi connectivity index (χ2v) is 4.22. The molecular weight excluding hydrogens is 246 g/mol. The van der Waals surface area contributed by atoms with Crippen LogP contribution in [0.1, 0.15) is 36.5 Å². The summed E-state index contributed by atoms with van der Waals surface area (Å²) in [5.74, 6) is -1.46. The van der Waals surface area contributed by atoms with E-state index in [-0.39, 0.29) is 0 Å². The molecule has 1 aromatic heterocycles. The molecule has 1 atom stereocenters. The maximum absolute atomic E-state index is 11.9. The van der Waals surface area contributed by atoms with Gasteiger partial charge >= 0.3 is 5.97 Å². The van der Waals surface area contributed by atoms with Crippen molar-refractivity contribution in [2.45, 2.75) is 38.8 Å². The molecule has 1 rings (SSSR count). The third-order valence-electron chi connectivity index (χ3n) is 2.61. The van der Waals surface area contributed by atoms with E-state index < -0.39 is 17.9 Å². The van der Waals surface area contributed by atoms with Gasteiger partial charge in [0.1, 0.15) is 6.04 Å². The molecule has 1 heterocycles. The van der Waals surface area contributed by atoms with E-state index in [9.17, 15) is 9.59 Å². The predicted octanol–water partition coefficient (Wildman–Crippen LogP) is 1.44. The van der Waals surface area contributed by atoms with Crippen molar-refractivity contribution >= 4 is 11.9 Å². The summed E-state index contributed by atoms with van der Waals surface area (Å²) in [7, 11) is 0. The molecule has 0 radical (unpaired) electrons. The summed E-state index contributed by atoms with van der Waals surface area (Å²) in [6, 6.07) is -0.903. The normalized spacial score (nSPS) is 11.8. The molecule has 1 aromatic rings. The highest BCUT2D eigenvalue weighted by Crippen LogP contribution is 2.03. The Labute approximate surface area is 112 Å². The Bertz CT molecular complexity index is 454. The first-order valence-electron chi connectivity index (χ1n) is 6.25. The van der Waals surface area contributed by atoms with Gasteiger partial charge in [0.05, 0.1) is 11.8 Å². The number of aromatic nitrogens is 2. The molecule has 0 spiro atoms. The van der Waals surface area contributed by atoms with Crippen LogP contribution in [-0.4, -0.2) is 32.8 Å². The first-order chi connectivity index (χ1) is 9.08. The lowest BCUT2D eigenvalue weighted by atomic mass is 10.1. The lowest BCUT2D eigenvalue weighted by Crippen LogP contribution is -2.40. The molecule has 0 bridgehead atoms. The Morgan fingerprint density at radius 1 is 1.63 bits per heavy atom. The first kappa shape index (κ1) is 14.9. The number of carboxylic acids is 1. The lowest BCUT2D eigenvalue weighted by molar-refractivity contribution is -0.139. The van der Waals surface area contributed by atoms with Crippen molar-refractivity contribution < 1.29 is 14.7 Å². The average Bonchev–Trinajstić information content (AvgIpc) is 2.83. The Hall–Kier alpha value is -2.11. The van der Waals surface area contributed by atoms with Gasteiger partial charge in [0.15, 0.2) is 0 Å². The van der Waals surface area contributed by atoms with Gasteiger partial charge < -0.3 is 10.4 Å². The fourth-order valence-electron chi connectivity index (χ4n) is 1.62. The third kappa shape index (κ3) is 4.57. The summed E-state index contributed by atoms with van der Waals surface area (Å²) in [5, 5.41) is 15.5. The van der Waals surface area contributed by atoms with Crippen LogP contribution >= 0.6 is 0 Å². The molecule has 0 saturated carbocycles. The summed E-state index contributed by atoms with van der Waals surface area (Å²) in [4.78, 5) is 22.9. The Morgan fingerprint density at radius 2 is 2.37 bits per heavy atom. The van der Waals surface area contributed by atoms with Crippen molar-refractivity contribution in [3.63, 3.8) is 0 Å². The van der Waals surface area contributed by atoms with E-state index in [1.165, 1.54) is 6.20 Å². The van der Waals surface area contributed by atoms with Gasteiger partial charge in [-0.25, -0.2) is 4.79 Å². The van der Waals surface area contributed by atoms with Crippen LogP contribution in [0.2, 0.25) is 0 Å². The molecule has 104 valence electrons. The zero-order chi connectivity index (χ0) is 14.3. The minimum atomic E-state index is -1.05. The number of carbonyl (C=O) groups excluding carboxylic acids is 1. The van der Waals surface area contributed by atoms with Crippen molar-refractivity contribution in [2.24, 2.45) is 0 Å². The standard InChI is InChI=1S/C13H19N3O3/c1-3-5-6-11(13(18)19)15-12(17)10-8-14-16(9-10)7-4-2/h3,8-9,11H,1,4-7H2,2H3,(H,15,17)(H,18,19). The average molecular weight is 265 g/mol. The molecule has 2 N–H and O–H groups in total. The fraction of sp³-hybridized carbons (Fsp3) is 0.462. The van der Waals surface area contributed by atoms with E-state index in [4.69, 9.17) is 5.11 Å². The van der Waals surface area contributed by atoms with E-state index in [1.54, 1.807) is 17.0 Å². The molecule has 1 amide bonds. The molecule has 0 saturated heterocycles. The summed E-state index contributed by atoms with van der Waals surface area (Å²) in [5.41, 5.74) is 0.373. The van der Waals surface area contributed by atoms with Gasteiger partial charge in [-0.3, -0.25) is 9.48 Å².